The van der Waals surface area contributed by atoms with Gasteiger partial charge in [-0.25, -0.2) is 4.79 Å². The maximum absolute atomic E-state index is 12.7. The molecule has 38 heavy (non-hydrogen) atoms. The fourth-order valence-corrected chi connectivity index (χ4v) is 3.49. The van der Waals surface area contributed by atoms with Gasteiger partial charge in [0.25, 0.3) is 5.91 Å². The number of ether oxygens (including phenoxy) is 1. The number of allylic oxidation sites excluding steroid dienone is 1. The Balaban J connectivity index is 1.50. The van der Waals surface area contributed by atoms with Crippen molar-refractivity contribution in [2.45, 2.75) is 19.0 Å². The van der Waals surface area contributed by atoms with E-state index < -0.39 is 17.9 Å². The first kappa shape index (κ1) is 27.9. The van der Waals surface area contributed by atoms with E-state index >= 15 is 0 Å². The lowest BCUT2D eigenvalue weighted by molar-refractivity contribution is -0.142. The van der Waals surface area contributed by atoms with Crippen molar-refractivity contribution < 1.29 is 19.1 Å². The van der Waals surface area contributed by atoms with Crippen LogP contribution in [0.15, 0.2) is 91.0 Å². The molecule has 0 spiro atoms. The fraction of sp³-hybridized carbons (Fsp3) is 0.194. The van der Waals surface area contributed by atoms with E-state index in [9.17, 15) is 14.4 Å². The summed E-state index contributed by atoms with van der Waals surface area (Å²) >= 11 is 0. The Morgan fingerprint density at radius 1 is 0.921 bits per heavy atom. The van der Waals surface area contributed by atoms with Crippen LogP contribution in [0.3, 0.4) is 0 Å². The predicted octanol–water partition coefficient (Wildman–Crippen LogP) is 3.49. The number of carbonyl (C=O) groups is 3. The highest BCUT2D eigenvalue weighted by Crippen LogP contribution is 2.10. The van der Waals surface area contributed by atoms with Crippen LogP contribution >= 0.6 is 0 Å². The number of rotatable bonds is 10. The van der Waals surface area contributed by atoms with Crippen LogP contribution in [0.25, 0.3) is 6.08 Å². The van der Waals surface area contributed by atoms with Gasteiger partial charge in [0.2, 0.25) is 5.91 Å². The van der Waals surface area contributed by atoms with Crippen LogP contribution < -0.4 is 16.0 Å². The molecule has 2 atom stereocenters. The van der Waals surface area contributed by atoms with Crippen molar-refractivity contribution >= 4 is 23.9 Å². The lowest BCUT2D eigenvalue weighted by atomic mass is 10.1. The van der Waals surface area contributed by atoms with Crippen molar-refractivity contribution in [3.8, 4) is 11.8 Å². The van der Waals surface area contributed by atoms with Crippen LogP contribution in [-0.4, -0.2) is 44.0 Å². The Morgan fingerprint density at radius 3 is 2.24 bits per heavy atom. The molecular formula is C31H31N3O4. The van der Waals surface area contributed by atoms with Gasteiger partial charge in [-0.05, 0) is 54.5 Å². The highest BCUT2D eigenvalue weighted by Gasteiger charge is 2.23. The number of hydrogen-bond donors (Lipinski definition) is 3. The van der Waals surface area contributed by atoms with Crippen LogP contribution in [-0.2, 0) is 14.3 Å². The molecule has 0 saturated carbocycles. The van der Waals surface area contributed by atoms with Gasteiger partial charge in [-0.15, -0.1) is 0 Å². The van der Waals surface area contributed by atoms with Gasteiger partial charge in [0.15, 0.2) is 0 Å². The van der Waals surface area contributed by atoms with Crippen LogP contribution in [0, 0.1) is 11.8 Å². The Bertz CT molecular complexity index is 1290. The van der Waals surface area contributed by atoms with Gasteiger partial charge < -0.3 is 20.7 Å². The van der Waals surface area contributed by atoms with Crippen molar-refractivity contribution in [1.82, 2.24) is 16.0 Å². The molecule has 0 heterocycles. The van der Waals surface area contributed by atoms with E-state index in [-0.39, 0.29) is 25.0 Å². The number of methoxy groups -OCH3 is 1. The first-order valence-electron chi connectivity index (χ1n) is 12.2. The van der Waals surface area contributed by atoms with Gasteiger partial charge in [0.05, 0.1) is 13.7 Å². The van der Waals surface area contributed by atoms with Crippen molar-refractivity contribution in [1.29, 1.82) is 0 Å². The second-order valence-corrected chi connectivity index (χ2v) is 8.46. The molecule has 0 aliphatic heterocycles. The molecule has 0 bridgehead atoms. The van der Waals surface area contributed by atoms with Crippen LogP contribution in [0.4, 0.5) is 0 Å². The van der Waals surface area contributed by atoms with E-state index in [1.807, 2.05) is 73.7 Å². The van der Waals surface area contributed by atoms with E-state index in [2.05, 4.69) is 27.8 Å². The summed E-state index contributed by atoms with van der Waals surface area (Å²) in [6.45, 7) is 1.91. The molecule has 3 aromatic rings. The van der Waals surface area contributed by atoms with Crippen molar-refractivity contribution in [3.63, 3.8) is 0 Å². The normalized spacial score (nSPS) is 12.1. The number of carbonyl (C=O) groups excluding carboxylic acids is 3. The molecule has 0 aromatic heterocycles. The Hall–Kier alpha value is -4.67. The summed E-state index contributed by atoms with van der Waals surface area (Å²) in [6.07, 6.45) is 3.68. The van der Waals surface area contributed by atoms with Crippen LogP contribution in [0.5, 0.6) is 0 Å². The molecule has 0 aliphatic carbocycles. The molecule has 7 heteroatoms. The largest absolute Gasteiger partial charge is 0.467 e. The summed E-state index contributed by atoms with van der Waals surface area (Å²) in [4.78, 5) is 37.3. The SMILES string of the molecule is COC(=O)[C@H](CNC(=O)CN[C@@H](C)c1ccccc1)NC(=O)c1ccc(C#CC=Cc2ccccc2)cc1. The van der Waals surface area contributed by atoms with Gasteiger partial charge in [-0.3, -0.25) is 9.59 Å². The Labute approximate surface area is 223 Å². The molecule has 0 unspecified atom stereocenters. The molecule has 3 rings (SSSR count). The first-order chi connectivity index (χ1) is 18.5. The van der Waals surface area contributed by atoms with Gasteiger partial charge in [-0.1, -0.05) is 72.5 Å². The zero-order chi connectivity index (χ0) is 27.2. The maximum Gasteiger partial charge on any atom is 0.330 e. The molecule has 3 aromatic carbocycles. The lowest BCUT2D eigenvalue weighted by Gasteiger charge is -2.18. The minimum atomic E-state index is -1.04. The predicted molar refractivity (Wildman–Crippen MR) is 148 cm³/mol. The maximum atomic E-state index is 12.7. The third-order valence-corrected chi connectivity index (χ3v) is 5.69. The average Bonchev–Trinajstić information content (AvgIpc) is 2.97. The molecule has 0 radical (unpaired) electrons. The summed E-state index contributed by atoms with van der Waals surface area (Å²) in [7, 11) is 1.23. The molecule has 7 nitrogen and oxygen atoms in total. The van der Waals surface area contributed by atoms with Gasteiger partial charge >= 0.3 is 5.97 Å². The van der Waals surface area contributed by atoms with Crippen LogP contribution in [0.2, 0.25) is 0 Å². The molecule has 0 fully saturated rings. The van der Waals surface area contributed by atoms with Gasteiger partial charge in [0.1, 0.15) is 6.04 Å². The Morgan fingerprint density at radius 2 is 1.58 bits per heavy atom. The average molecular weight is 510 g/mol. The zero-order valence-corrected chi connectivity index (χ0v) is 21.4. The zero-order valence-electron chi connectivity index (χ0n) is 21.4. The summed E-state index contributed by atoms with van der Waals surface area (Å²) in [5.41, 5.74) is 3.21. The monoisotopic (exact) mass is 509 g/mol. The van der Waals surface area contributed by atoms with E-state index in [1.165, 1.54) is 7.11 Å². The standard InChI is InChI=1S/C31H31N3O4/c1-23(26-15-7-4-8-16-26)32-22-29(35)33-21-28(31(37)38-2)34-30(36)27-19-17-25(18-20-27)14-10-9-13-24-11-5-3-6-12-24/h3-9,11-13,15-20,23,28,32H,21-22H2,1-2H3,(H,33,35)(H,34,36)/t23-,28-/m0/s1. The lowest BCUT2D eigenvalue weighted by Crippen LogP contribution is -2.50. The smallest absolute Gasteiger partial charge is 0.330 e. The van der Waals surface area contributed by atoms with E-state index in [0.29, 0.717) is 5.56 Å². The van der Waals surface area contributed by atoms with Crippen molar-refractivity contribution in [2.75, 3.05) is 20.2 Å². The minimum Gasteiger partial charge on any atom is -0.467 e. The number of amides is 2. The summed E-state index contributed by atoms with van der Waals surface area (Å²) in [6, 6.07) is 25.2. The summed E-state index contributed by atoms with van der Waals surface area (Å²) < 4.78 is 4.80. The summed E-state index contributed by atoms with van der Waals surface area (Å²) in [5, 5.41) is 8.43. The third-order valence-electron chi connectivity index (χ3n) is 5.69. The van der Waals surface area contributed by atoms with Crippen LogP contribution in [0.1, 0.15) is 40.0 Å². The first-order valence-corrected chi connectivity index (χ1v) is 12.2. The van der Waals surface area contributed by atoms with E-state index in [1.54, 1.807) is 30.3 Å². The van der Waals surface area contributed by atoms with Crippen molar-refractivity contribution in [2.24, 2.45) is 0 Å². The second-order valence-electron chi connectivity index (χ2n) is 8.46. The Kier molecular flexibility index (Phi) is 10.9. The number of hydrogen-bond acceptors (Lipinski definition) is 5. The summed E-state index contributed by atoms with van der Waals surface area (Å²) in [5.74, 6) is 4.56. The number of esters is 1. The van der Waals surface area contributed by atoms with E-state index in [0.717, 1.165) is 16.7 Å². The molecule has 0 saturated heterocycles. The molecule has 0 aliphatic rings. The van der Waals surface area contributed by atoms with Gasteiger partial charge in [0, 0.05) is 23.7 Å². The molecule has 2 amide bonds. The fourth-order valence-electron chi connectivity index (χ4n) is 3.49. The van der Waals surface area contributed by atoms with E-state index in [4.69, 9.17) is 4.74 Å². The number of benzene rings is 3. The van der Waals surface area contributed by atoms with Crippen molar-refractivity contribution in [3.05, 3.63) is 113 Å². The second kappa shape index (κ2) is 14.8. The molecule has 3 N–H and O–H groups in total. The highest BCUT2D eigenvalue weighted by atomic mass is 16.5. The third kappa shape index (κ3) is 9.08. The van der Waals surface area contributed by atoms with Gasteiger partial charge in [-0.2, -0.15) is 0 Å². The highest BCUT2D eigenvalue weighted by molar-refractivity contribution is 5.97. The quantitative estimate of drug-likeness (QED) is 0.287. The minimum absolute atomic E-state index is 0.0226. The topological polar surface area (TPSA) is 96.5 Å². The molecular weight excluding hydrogens is 478 g/mol. The number of nitrogens with one attached hydrogen (secondary N) is 3. The molecule has 194 valence electrons.